The lowest BCUT2D eigenvalue weighted by atomic mass is 10.3. The van der Waals surface area contributed by atoms with Crippen molar-refractivity contribution < 1.29 is 10.1 Å². The molecule has 0 bridgehead atoms. The van der Waals surface area contributed by atoms with E-state index in [-0.39, 0.29) is 10.6 Å². The van der Waals surface area contributed by atoms with E-state index in [0.29, 0.717) is 0 Å². The molecule has 0 heterocycles. The molecule has 0 saturated heterocycles. The Bertz CT molecular complexity index is 244. The van der Waals surface area contributed by atoms with Gasteiger partial charge in [0.25, 0.3) is 4.92 Å². The molecule has 0 atom stereocenters. The highest BCUT2D eigenvalue weighted by Gasteiger charge is 2.08. The van der Waals surface area contributed by atoms with Crippen molar-refractivity contribution in [2.45, 2.75) is 0 Å². The number of rotatable bonds is 1. The molecular weight excluding hydrogens is 245 g/mol. The third kappa shape index (κ3) is 1.66. The highest BCUT2D eigenvalue weighted by molar-refractivity contribution is 14.1. The standard InChI is InChI=1S/C6H5INO2/c7-5-1-3-6(4-2-5)8(9)10/h1-4H,(H,9,10)/q+1. The van der Waals surface area contributed by atoms with Crippen LogP contribution in [0.4, 0.5) is 5.69 Å². The minimum absolute atomic E-state index is 0.157. The quantitative estimate of drug-likeness (QED) is 0.612. The summed E-state index contributed by atoms with van der Waals surface area (Å²) in [5, 5.41) is 8.39. The molecule has 4 heteroatoms. The number of halogens is 1. The average Bonchev–Trinajstić information content (AvgIpc) is 1.88. The molecule has 1 rings (SSSR count). The van der Waals surface area contributed by atoms with Gasteiger partial charge in [0.15, 0.2) is 0 Å². The summed E-state index contributed by atoms with van der Waals surface area (Å²) in [6.45, 7) is 0. The molecule has 3 nitrogen and oxygen atoms in total. The average molecular weight is 250 g/mol. The zero-order valence-electron chi connectivity index (χ0n) is 4.99. The molecule has 0 fully saturated rings. The van der Waals surface area contributed by atoms with Gasteiger partial charge in [-0.15, -0.1) is 0 Å². The first-order valence-electron chi connectivity index (χ1n) is 2.62. The van der Waals surface area contributed by atoms with Gasteiger partial charge in [0.05, 0.1) is 4.91 Å². The van der Waals surface area contributed by atoms with E-state index in [1.807, 2.05) is 0 Å². The smallest absolute Gasteiger partial charge is 0.241 e. The summed E-state index contributed by atoms with van der Waals surface area (Å²) in [6, 6.07) is 6.59. The van der Waals surface area contributed by atoms with Crippen LogP contribution in [0.5, 0.6) is 0 Å². The Morgan fingerprint density at radius 1 is 1.30 bits per heavy atom. The molecule has 1 N–H and O–H groups in total. The lowest BCUT2D eigenvalue weighted by Gasteiger charge is -1.84. The van der Waals surface area contributed by atoms with E-state index >= 15 is 0 Å². The fraction of sp³-hybridized carbons (Fsp3) is 0. The summed E-state index contributed by atoms with van der Waals surface area (Å²) in [7, 11) is 0. The van der Waals surface area contributed by atoms with Crippen molar-refractivity contribution in [1.29, 1.82) is 0 Å². The SMILES string of the molecule is O=[N+](O)c1ccc(I)cc1. The summed E-state index contributed by atoms with van der Waals surface area (Å²) >= 11 is 2.12. The van der Waals surface area contributed by atoms with E-state index in [1.54, 1.807) is 24.3 Å². The summed E-state index contributed by atoms with van der Waals surface area (Å²) in [5.41, 5.74) is 0.250. The van der Waals surface area contributed by atoms with Crippen LogP contribution in [0.2, 0.25) is 0 Å². The molecular formula is C6H5INO2+. The first kappa shape index (κ1) is 7.46. The lowest BCUT2D eigenvalue weighted by molar-refractivity contribution is -0.729. The maximum absolute atomic E-state index is 10.2. The van der Waals surface area contributed by atoms with Gasteiger partial charge in [-0.25, -0.2) is 5.21 Å². The Labute approximate surface area is 71.3 Å². The number of benzene rings is 1. The normalized spacial score (nSPS) is 9.30. The summed E-state index contributed by atoms with van der Waals surface area (Å²) in [6.07, 6.45) is 0. The van der Waals surface area contributed by atoms with Crippen LogP contribution in [-0.2, 0) is 0 Å². The van der Waals surface area contributed by atoms with Crippen molar-refractivity contribution in [1.82, 2.24) is 0 Å². The van der Waals surface area contributed by atoms with E-state index in [1.165, 1.54) is 0 Å². The molecule has 0 aliphatic rings. The first-order chi connectivity index (χ1) is 4.70. The molecule has 0 radical (unpaired) electrons. The maximum atomic E-state index is 10.2. The first-order valence-corrected chi connectivity index (χ1v) is 3.70. The molecule has 1 aromatic carbocycles. The van der Waals surface area contributed by atoms with Gasteiger partial charge >= 0.3 is 5.69 Å². The third-order valence-electron chi connectivity index (χ3n) is 1.05. The van der Waals surface area contributed by atoms with Gasteiger partial charge in [0.1, 0.15) is 0 Å². The monoisotopic (exact) mass is 250 g/mol. The largest absolute Gasteiger partial charge is 0.316 e. The van der Waals surface area contributed by atoms with Gasteiger partial charge in [-0.2, -0.15) is 0 Å². The van der Waals surface area contributed by atoms with Crippen LogP contribution in [0.1, 0.15) is 0 Å². The van der Waals surface area contributed by atoms with Gasteiger partial charge in [0, 0.05) is 15.7 Å². The maximum Gasteiger partial charge on any atom is 0.316 e. The number of nitrogens with zero attached hydrogens (tertiary/aromatic N) is 1. The number of hydrogen-bond donors (Lipinski definition) is 1. The third-order valence-corrected chi connectivity index (χ3v) is 1.77. The second-order valence-corrected chi connectivity index (χ2v) is 2.99. The fourth-order valence-corrected chi connectivity index (χ4v) is 0.928. The molecule has 0 spiro atoms. The van der Waals surface area contributed by atoms with Crippen LogP contribution >= 0.6 is 22.6 Å². The van der Waals surface area contributed by atoms with Gasteiger partial charge in [0.2, 0.25) is 0 Å². The van der Waals surface area contributed by atoms with E-state index < -0.39 is 0 Å². The minimum atomic E-state index is -0.157. The van der Waals surface area contributed by atoms with Crippen LogP contribution < -0.4 is 0 Å². The van der Waals surface area contributed by atoms with Gasteiger partial charge in [-0.1, -0.05) is 0 Å². The zero-order chi connectivity index (χ0) is 7.56. The van der Waals surface area contributed by atoms with E-state index in [4.69, 9.17) is 5.21 Å². The predicted octanol–water partition coefficient (Wildman–Crippen LogP) is 2.09. The molecule has 0 aliphatic carbocycles. The van der Waals surface area contributed by atoms with Crippen LogP contribution in [0, 0.1) is 8.48 Å². The van der Waals surface area contributed by atoms with Crippen molar-refractivity contribution in [2.24, 2.45) is 0 Å². The van der Waals surface area contributed by atoms with Crippen molar-refractivity contribution >= 4 is 28.3 Å². The highest BCUT2D eigenvalue weighted by Crippen LogP contribution is 2.11. The summed E-state index contributed by atoms with van der Waals surface area (Å²) < 4.78 is 1.03. The lowest BCUT2D eigenvalue weighted by Crippen LogP contribution is -1.90. The Balaban J connectivity index is 3.00. The van der Waals surface area contributed by atoms with Crippen LogP contribution in [-0.4, -0.2) is 10.1 Å². The van der Waals surface area contributed by atoms with Gasteiger partial charge in [-0.3, -0.25) is 0 Å². The van der Waals surface area contributed by atoms with Crippen molar-refractivity contribution in [3.63, 3.8) is 0 Å². The molecule has 0 unspecified atom stereocenters. The number of hydrogen-bond acceptors (Lipinski definition) is 1. The molecule has 10 heavy (non-hydrogen) atoms. The second kappa shape index (κ2) is 2.96. The topological polar surface area (TPSA) is 40.3 Å². The van der Waals surface area contributed by atoms with Crippen LogP contribution in [0.15, 0.2) is 24.3 Å². The molecule has 52 valence electrons. The van der Waals surface area contributed by atoms with Crippen molar-refractivity contribution in [2.75, 3.05) is 0 Å². The molecule has 1 aromatic rings. The van der Waals surface area contributed by atoms with E-state index in [0.717, 1.165) is 3.57 Å². The highest BCUT2D eigenvalue weighted by atomic mass is 127. The molecule has 0 aliphatic heterocycles. The Morgan fingerprint density at radius 2 is 1.80 bits per heavy atom. The van der Waals surface area contributed by atoms with E-state index in [9.17, 15) is 4.91 Å². The summed E-state index contributed by atoms with van der Waals surface area (Å²) in [4.78, 5) is 10.1. The van der Waals surface area contributed by atoms with Crippen molar-refractivity contribution in [3.8, 4) is 0 Å². The van der Waals surface area contributed by atoms with Crippen LogP contribution in [0.25, 0.3) is 0 Å². The summed E-state index contributed by atoms with van der Waals surface area (Å²) in [5.74, 6) is 0. The van der Waals surface area contributed by atoms with Gasteiger partial charge < -0.3 is 0 Å². The fourth-order valence-electron chi connectivity index (χ4n) is 0.569. The molecule has 0 aromatic heterocycles. The van der Waals surface area contributed by atoms with Gasteiger partial charge in [-0.05, 0) is 34.7 Å². The zero-order valence-corrected chi connectivity index (χ0v) is 7.15. The molecule has 0 saturated carbocycles. The molecule has 0 amide bonds. The van der Waals surface area contributed by atoms with Crippen LogP contribution in [0.3, 0.4) is 0 Å². The predicted molar refractivity (Wildman–Crippen MR) is 44.2 cm³/mol. The Hall–Kier alpha value is -0.650. The van der Waals surface area contributed by atoms with Crippen molar-refractivity contribution in [3.05, 3.63) is 32.7 Å². The minimum Gasteiger partial charge on any atom is -0.241 e. The second-order valence-electron chi connectivity index (χ2n) is 1.75. The Morgan fingerprint density at radius 3 is 2.20 bits per heavy atom. The van der Waals surface area contributed by atoms with E-state index in [2.05, 4.69) is 22.6 Å². The Kier molecular flexibility index (Phi) is 2.21.